The molecule has 1 heterocycles. The zero-order valence-electron chi connectivity index (χ0n) is 11.7. The molecule has 0 saturated heterocycles. The van der Waals surface area contributed by atoms with E-state index in [2.05, 4.69) is 0 Å². The van der Waals surface area contributed by atoms with Crippen LogP contribution in [0.15, 0.2) is 36.4 Å². The Labute approximate surface area is 122 Å². The third kappa shape index (κ3) is 2.42. The maximum atomic E-state index is 13.8. The number of halogens is 2. The van der Waals surface area contributed by atoms with Gasteiger partial charge in [0.1, 0.15) is 17.2 Å². The number of carbonyl (C=O) groups excluding carboxylic acids is 1. The normalized spacial score (nSPS) is 14.0. The van der Waals surface area contributed by atoms with Crippen molar-refractivity contribution in [1.82, 2.24) is 0 Å². The van der Waals surface area contributed by atoms with Crippen LogP contribution in [0.1, 0.15) is 27.9 Å². The maximum Gasteiger partial charge on any atom is 0.264 e. The van der Waals surface area contributed by atoms with Gasteiger partial charge in [0, 0.05) is 12.2 Å². The summed E-state index contributed by atoms with van der Waals surface area (Å²) in [5.41, 5.74) is 2.43. The van der Waals surface area contributed by atoms with Crippen LogP contribution in [-0.4, -0.2) is 12.5 Å². The maximum absolute atomic E-state index is 13.8. The molecule has 2 nitrogen and oxygen atoms in total. The van der Waals surface area contributed by atoms with Crippen LogP contribution in [0.4, 0.5) is 14.5 Å². The van der Waals surface area contributed by atoms with Gasteiger partial charge in [-0.1, -0.05) is 23.8 Å². The van der Waals surface area contributed by atoms with Gasteiger partial charge in [-0.25, -0.2) is 8.78 Å². The molecule has 0 aromatic heterocycles. The summed E-state index contributed by atoms with van der Waals surface area (Å²) in [6.45, 7) is 2.46. The quantitative estimate of drug-likeness (QED) is 0.779. The van der Waals surface area contributed by atoms with Gasteiger partial charge < -0.3 is 4.90 Å². The second-order valence-electron chi connectivity index (χ2n) is 5.29. The number of rotatable bonds is 1. The summed E-state index contributed by atoms with van der Waals surface area (Å²) in [5.74, 6) is -2.26. The number of anilines is 1. The first-order valence-electron chi connectivity index (χ1n) is 6.93. The van der Waals surface area contributed by atoms with Crippen LogP contribution in [0.5, 0.6) is 0 Å². The molecule has 108 valence electrons. The van der Waals surface area contributed by atoms with Crippen molar-refractivity contribution in [2.75, 3.05) is 11.4 Å². The number of nitrogens with zero attached hydrogens (tertiary/aromatic N) is 1. The molecule has 21 heavy (non-hydrogen) atoms. The van der Waals surface area contributed by atoms with Gasteiger partial charge in [-0.05, 0) is 43.5 Å². The van der Waals surface area contributed by atoms with Gasteiger partial charge in [0.2, 0.25) is 0 Å². The van der Waals surface area contributed by atoms with Crippen molar-refractivity contribution >= 4 is 11.6 Å². The van der Waals surface area contributed by atoms with E-state index >= 15 is 0 Å². The number of amides is 1. The smallest absolute Gasteiger partial charge is 0.264 e. The van der Waals surface area contributed by atoms with Gasteiger partial charge in [-0.15, -0.1) is 0 Å². The van der Waals surface area contributed by atoms with Crippen molar-refractivity contribution in [3.63, 3.8) is 0 Å². The SMILES string of the molecule is Cc1ccc2c(c1)CCCN2C(=O)c1c(F)cccc1F. The van der Waals surface area contributed by atoms with Crippen molar-refractivity contribution < 1.29 is 13.6 Å². The molecule has 2 aromatic carbocycles. The topological polar surface area (TPSA) is 20.3 Å². The number of carbonyl (C=O) groups is 1. The molecule has 0 N–H and O–H groups in total. The fourth-order valence-electron chi connectivity index (χ4n) is 2.77. The Morgan fingerprint density at radius 2 is 1.86 bits per heavy atom. The predicted molar refractivity (Wildman–Crippen MR) is 77.5 cm³/mol. The lowest BCUT2D eigenvalue weighted by molar-refractivity contribution is 0.0977. The van der Waals surface area contributed by atoms with E-state index in [4.69, 9.17) is 0 Å². The minimum absolute atomic E-state index is 0.475. The molecule has 0 radical (unpaired) electrons. The molecule has 0 unspecified atom stereocenters. The highest BCUT2D eigenvalue weighted by atomic mass is 19.1. The lowest BCUT2D eigenvalue weighted by atomic mass is 9.98. The number of hydrogen-bond acceptors (Lipinski definition) is 1. The number of fused-ring (bicyclic) bond motifs is 1. The lowest BCUT2D eigenvalue weighted by Gasteiger charge is -2.30. The van der Waals surface area contributed by atoms with Gasteiger partial charge in [0.25, 0.3) is 5.91 Å². The van der Waals surface area contributed by atoms with Gasteiger partial charge in [0.05, 0.1) is 0 Å². The average Bonchev–Trinajstić information content (AvgIpc) is 2.46. The van der Waals surface area contributed by atoms with E-state index in [1.165, 1.54) is 11.0 Å². The van der Waals surface area contributed by atoms with E-state index < -0.39 is 23.1 Å². The Balaban J connectivity index is 2.05. The molecule has 0 fully saturated rings. The molecule has 0 spiro atoms. The van der Waals surface area contributed by atoms with Crippen molar-refractivity contribution in [2.24, 2.45) is 0 Å². The highest BCUT2D eigenvalue weighted by molar-refractivity contribution is 6.07. The van der Waals surface area contributed by atoms with Crippen LogP contribution in [0.25, 0.3) is 0 Å². The minimum Gasteiger partial charge on any atom is -0.308 e. The summed E-state index contributed by atoms with van der Waals surface area (Å²) in [5, 5.41) is 0. The second-order valence-corrected chi connectivity index (χ2v) is 5.29. The monoisotopic (exact) mass is 287 g/mol. The highest BCUT2D eigenvalue weighted by Crippen LogP contribution is 2.30. The van der Waals surface area contributed by atoms with Crippen molar-refractivity contribution in [1.29, 1.82) is 0 Å². The number of aryl methyl sites for hydroxylation is 2. The molecule has 0 aliphatic carbocycles. The molecule has 0 atom stereocenters. The fourth-order valence-corrected chi connectivity index (χ4v) is 2.77. The first-order chi connectivity index (χ1) is 10.1. The molecule has 4 heteroatoms. The van der Waals surface area contributed by atoms with Gasteiger partial charge in [-0.2, -0.15) is 0 Å². The Bertz CT molecular complexity index is 692. The Hall–Kier alpha value is -2.23. The molecule has 1 amide bonds. The van der Waals surface area contributed by atoms with Crippen LogP contribution in [0, 0.1) is 18.6 Å². The molecule has 1 aliphatic rings. The Morgan fingerprint density at radius 1 is 1.14 bits per heavy atom. The molecule has 0 bridgehead atoms. The van der Waals surface area contributed by atoms with Crippen LogP contribution in [0.2, 0.25) is 0 Å². The van der Waals surface area contributed by atoms with E-state index in [0.29, 0.717) is 6.54 Å². The molecule has 1 aliphatic heterocycles. The van der Waals surface area contributed by atoms with E-state index in [-0.39, 0.29) is 0 Å². The number of hydrogen-bond donors (Lipinski definition) is 0. The van der Waals surface area contributed by atoms with E-state index in [1.54, 1.807) is 0 Å². The third-order valence-electron chi connectivity index (χ3n) is 3.78. The summed E-state index contributed by atoms with van der Waals surface area (Å²) >= 11 is 0. The summed E-state index contributed by atoms with van der Waals surface area (Å²) in [4.78, 5) is 14.0. The van der Waals surface area contributed by atoms with E-state index in [0.717, 1.165) is 41.8 Å². The summed E-state index contributed by atoms with van der Waals surface area (Å²) in [6, 6.07) is 9.25. The standard InChI is InChI=1S/C17H15F2NO/c1-11-7-8-15-12(10-11)4-3-9-20(15)17(21)16-13(18)5-2-6-14(16)19/h2,5-8,10H,3-4,9H2,1H3. The first-order valence-corrected chi connectivity index (χ1v) is 6.93. The minimum atomic E-state index is -0.820. The van der Waals surface area contributed by atoms with Crippen molar-refractivity contribution in [3.8, 4) is 0 Å². The fraction of sp³-hybridized carbons (Fsp3) is 0.235. The van der Waals surface area contributed by atoms with Gasteiger partial charge in [-0.3, -0.25) is 4.79 Å². The predicted octanol–water partition coefficient (Wildman–Crippen LogP) is 3.87. The first kappa shape index (κ1) is 13.7. The largest absolute Gasteiger partial charge is 0.308 e. The summed E-state index contributed by atoms with van der Waals surface area (Å²) in [7, 11) is 0. The summed E-state index contributed by atoms with van der Waals surface area (Å²) in [6.07, 6.45) is 1.67. The van der Waals surface area contributed by atoms with Crippen LogP contribution >= 0.6 is 0 Å². The number of benzene rings is 2. The van der Waals surface area contributed by atoms with E-state index in [1.807, 2.05) is 25.1 Å². The van der Waals surface area contributed by atoms with Crippen LogP contribution in [-0.2, 0) is 6.42 Å². The van der Waals surface area contributed by atoms with Crippen molar-refractivity contribution in [2.45, 2.75) is 19.8 Å². The Morgan fingerprint density at radius 3 is 2.57 bits per heavy atom. The van der Waals surface area contributed by atoms with Crippen LogP contribution in [0.3, 0.4) is 0 Å². The van der Waals surface area contributed by atoms with Gasteiger partial charge in [0.15, 0.2) is 0 Å². The average molecular weight is 287 g/mol. The van der Waals surface area contributed by atoms with E-state index in [9.17, 15) is 13.6 Å². The third-order valence-corrected chi connectivity index (χ3v) is 3.78. The zero-order chi connectivity index (χ0) is 15.0. The van der Waals surface area contributed by atoms with Crippen molar-refractivity contribution in [3.05, 3.63) is 64.7 Å². The molecular weight excluding hydrogens is 272 g/mol. The molecular formula is C17H15F2NO. The van der Waals surface area contributed by atoms with Gasteiger partial charge >= 0.3 is 0 Å². The lowest BCUT2D eigenvalue weighted by Crippen LogP contribution is -2.36. The molecule has 3 rings (SSSR count). The van der Waals surface area contributed by atoms with Crippen LogP contribution < -0.4 is 4.90 Å². The zero-order valence-corrected chi connectivity index (χ0v) is 11.7. The Kier molecular flexibility index (Phi) is 3.45. The molecule has 0 saturated carbocycles. The molecule has 2 aromatic rings. The highest BCUT2D eigenvalue weighted by Gasteiger charge is 2.27. The second kappa shape index (κ2) is 5.28. The summed E-state index contributed by atoms with van der Waals surface area (Å²) < 4.78 is 27.6.